The lowest BCUT2D eigenvalue weighted by Crippen LogP contribution is -2.45. The van der Waals surface area contributed by atoms with Gasteiger partial charge in [0, 0.05) is 46.0 Å². The second-order valence-corrected chi connectivity index (χ2v) is 7.66. The van der Waals surface area contributed by atoms with Gasteiger partial charge in [-0.05, 0) is 47.5 Å². The van der Waals surface area contributed by atoms with E-state index in [1.807, 2.05) is 36.4 Å². The van der Waals surface area contributed by atoms with E-state index in [9.17, 15) is 0 Å². The van der Waals surface area contributed by atoms with Crippen LogP contribution in [-0.4, -0.2) is 45.2 Å². The fourth-order valence-electron chi connectivity index (χ4n) is 3.88. The van der Waals surface area contributed by atoms with Crippen LogP contribution in [0.2, 0.25) is 0 Å². The van der Waals surface area contributed by atoms with Gasteiger partial charge in [0.05, 0.1) is 6.04 Å². The highest BCUT2D eigenvalue weighted by molar-refractivity contribution is 5.48. The molecule has 0 saturated carbocycles. The van der Waals surface area contributed by atoms with Gasteiger partial charge in [0.25, 0.3) is 0 Å². The van der Waals surface area contributed by atoms with Crippen LogP contribution in [0.15, 0.2) is 78.9 Å². The summed E-state index contributed by atoms with van der Waals surface area (Å²) >= 11 is 0. The van der Waals surface area contributed by atoms with Gasteiger partial charge in [0.2, 0.25) is 0 Å². The molecule has 0 aromatic heterocycles. The Labute approximate surface area is 173 Å². The number of rotatable bonds is 6. The van der Waals surface area contributed by atoms with Crippen LogP contribution in [0.1, 0.15) is 17.2 Å². The quantitative estimate of drug-likeness (QED) is 0.672. The second-order valence-electron chi connectivity index (χ2n) is 7.66. The van der Waals surface area contributed by atoms with Crippen molar-refractivity contribution in [3.63, 3.8) is 0 Å². The van der Waals surface area contributed by atoms with E-state index in [2.05, 4.69) is 71.7 Å². The molecular weight excluding hydrogens is 358 g/mol. The van der Waals surface area contributed by atoms with Crippen LogP contribution >= 0.6 is 0 Å². The Kier molecular flexibility index (Phi) is 6.13. The predicted octanol–water partition coefficient (Wildman–Crippen LogP) is 4.54. The van der Waals surface area contributed by atoms with Crippen molar-refractivity contribution in [1.82, 2.24) is 10.2 Å². The maximum atomic E-state index is 6.11. The van der Waals surface area contributed by atoms with Crippen LogP contribution in [0.5, 0.6) is 11.5 Å². The maximum absolute atomic E-state index is 6.11. The fourth-order valence-corrected chi connectivity index (χ4v) is 3.88. The van der Waals surface area contributed by atoms with Gasteiger partial charge in [0.1, 0.15) is 11.5 Å². The number of benzene rings is 3. The molecule has 0 radical (unpaired) electrons. The number of anilines is 1. The van der Waals surface area contributed by atoms with E-state index in [0.29, 0.717) is 0 Å². The molecule has 0 amide bonds. The Balaban J connectivity index is 1.66. The van der Waals surface area contributed by atoms with Crippen LogP contribution in [-0.2, 0) is 0 Å². The van der Waals surface area contributed by atoms with Crippen LogP contribution < -0.4 is 15.0 Å². The minimum Gasteiger partial charge on any atom is -0.457 e. The minimum absolute atomic E-state index is 0.215. The normalized spacial score (nSPS) is 15.7. The highest BCUT2D eigenvalue weighted by Gasteiger charge is 2.24. The lowest BCUT2D eigenvalue weighted by molar-refractivity contribution is 0.198. The van der Waals surface area contributed by atoms with Gasteiger partial charge < -0.3 is 15.0 Å². The molecule has 29 heavy (non-hydrogen) atoms. The van der Waals surface area contributed by atoms with Gasteiger partial charge >= 0.3 is 0 Å². The molecular formula is C25H29N3O. The summed E-state index contributed by atoms with van der Waals surface area (Å²) in [6.07, 6.45) is 0. The zero-order valence-electron chi connectivity index (χ0n) is 17.2. The standard InChI is InChI=1S/C25H29N3O/c1-27(2)22-13-11-20(12-14-22)25(28-17-15-26-16-18-28)21-7-6-10-24(19-21)29-23-8-4-3-5-9-23/h3-14,19,25-26H,15-18H2,1-2H3. The number of piperazine rings is 1. The third kappa shape index (κ3) is 4.78. The van der Waals surface area contributed by atoms with Crippen molar-refractivity contribution < 1.29 is 4.74 Å². The van der Waals surface area contributed by atoms with E-state index in [0.717, 1.165) is 37.7 Å². The van der Waals surface area contributed by atoms with Crippen LogP contribution in [0.3, 0.4) is 0 Å². The first-order valence-corrected chi connectivity index (χ1v) is 10.3. The lowest BCUT2D eigenvalue weighted by atomic mass is 9.96. The second kappa shape index (κ2) is 9.12. The summed E-state index contributed by atoms with van der Waals surface area (Å²) in [5.41, 5.74) is 3.79. The lowest BCUT2D eigenvalue weighted by Gasteiger charge is -2.36. The van der Waals surface area contributed by atoms with Crippen molar-refractivity contribution in [2.24, 2.45) is 0 Å². The van der Waals surface area contributed by atoms with Crippen molar-refractivity contribution in [3.8, 4) is 11.5 Å². The number of nitrogens with one attached hydrogen (secondary N) is 1. The molecule has 150 valence electrons. The number of nitrogens with zero attached hydrogens (tertiary/aromatic N) is 2. The van der Waals surface area contributed by atoms with Crippen molar-refractivity contribution in [2.45, 2.75) is 6.04 Å². The van der Waals surface area contributed by atoms with E-state index < -0.39 is 0 Å². The Bertz CT molecular complexity index is 903. The summed E-state index contributed by atoms with van der Waals surface area (Å²) in [5.74, 6) is 1.73. The molecule has 4 rings (SSSR count). The van der Waals surface area contributed by atoms with Gasteiger partial charge in [-0.25, -0.2) is 0 Å². The molecule has 1 atom stereocenters. The van der Waals surface area contributed by atoms with Gasteiger partial charge in [-0.3, -0.25) is 4.90 Å². The SMILES string of the molecule is CN(C)c1ccc(C(c2cccc(Oc3ccccc3)c2)N2CCNCC2)cc1. The van der Waals surface area contributed by atoms with Gasteiger partial charge in [-0.2, -0.15) is 0 Å². The van der Waals surface area contributed by atoms with Gasteiger partial charge in [-0.1, -0.05) is 42.5 Å². The third-order valence-corrected chi connectivity index (χ3v) is 5.39. The van der Waals surface area contributed by atoms with Crippen LogP contribution in [0.4, 0.5) is 5.69 Å². The largest absolute Gasteiger partial charge is 0.457 e. The smallest absolute Gasteiger partial charge is 0.127 e. The monoisotopic (exact) mass is 387 g/mol. The number of hydrogen-bond donors (Lipinski definition) is 1. The Morgan fingerprint density at radius 1 is 0.793 bits per heavy atom. The zero-order valence-corrected chi connectivity index (χ0v) is 17.2. The molecule has 4 nitrogen and oxygen atoms in total. The number of para-hydroxylation sites is 1. The highest BCUT2D eigenvalue weighted by Crippen LogP contribution is 2.33. The molecule has 4 heteroatoms. The fraction of sp³-hybridized carbons (Fsp3) is 0.280. The molecule has 0 aliphatic carbocycles. The average Bonchev–Trinajstić information content (AvgIpc) is 2.76. The third-order valence-electron chi connectivity index (χ3n) is 5.39. The van der Waals surface area contributed by atoms with Crippen molar-refractivity contribution >= 4 is 5.69 Å². The van der Waals surface area contributed by atoms with Crippen molar-refractivity contribution in [2.75, 3.05) is 45.2 Å². The first-order valence-electron chi connectivity index (χ1n) is 10.3. The van der Waals surface area contributed by atoms with Crippen LogP contribution in [0, 0.1) is 0 Å². The Morgan fingerprint density at radius 3 is 2.17 bits per heavy atom. The van der Waals surface area contributed by atoms with Gasteiger partial charge in [-0.15, -0.1) is 0 Å². The summed E-state index contributed by atoms with van der Waals surface area (Å²) in [4.78, 5) is 4.70. The Hall–Kier alpha value is -2.82. The number of ether oxygens (including phenoxy) is 1. The first-order chi connectivity index (χ1) is 14.2. The molecule has 0 spiro atoms. The molecule has 1 heterocycles. The summed E-state index contributed by atoms with van der Waals surface area (Å²) < 4.78 is 6.11. The zero-order chi connectivity index (χ0) is 20.1. The molecule has 1 aliphatic rings. The molecule has 0 bridgehead atoms. The molecule has 1 N–H and O–H groups in total. The summed E-state index contributed by atoms with van der Waals surface area (Å²) in [6.45, 7) is 4.10. The minimum atomic E-state index is 0.215. The molecule has 1 saturated heterocycles. The van der Waals surface area contributed by atoms with Crippen molar-refractivity contribution in [3.05, 3.63) is 90.0 Å². The summed E-state index contributed by atoms with van der Waals surface area (Å²) in [5, 5.41) is 3.47. The van der Waals surface area contributed by atoms with E-state index in [1.54, 1.807) is 0 Å². The molecule has 1 fully saturated rings. The summed E-state index contributed by atoms with van der Waals surface area (Å²) in [6, 6.07) is 27.6. The van der Waals surface area contributed by atoms with Gasteiger partial charge in [0.15, 0.2) is 0 Å². The van der Waals surface area contributed by atoms with Crippen LogP contribution in [0.25, 0.3) is 0 Å². The Morgan fingerprint density at radius 2 is 1.48 bits per heavy atom. The molecule has 3 aromatic carbocycles. The first kappa shape index (κ1) is 19.5. The van der Waals surface area contributed by atoms with E-state index in [4.69, 9.17) is 4.74 Å². The summed E-state index contributed by atoms with van der Waals surface area (Å²) in [7, 11) is 4.15. The van der Waals surface area contributed by atoms with Crippen molar-refractivity contribution in [1.29, 1.82) is 0 Å². The molecule has 3 aromatic rings. The maximum Gasteiger partial charge on any atom is 0.127 e. The predicted molar refractivity (Wildman–Crippen MR) is 120 cm³/mol. The van der Waals surface area contributed by atoms with E-state index in [1.165, 1.54) is 16.8 Å². The highest BCUT2D eigenvalue weighted by atomic mass is 16.5. The molecule has 1 unspecified atom stereocenters. The topological polar surface area (TPSA) is 27.7 Å². The number of hydrogen-bond acceptors (Lipinski definition) is 4. The van der Waals surface area contributed by atoms with E-state index >= 15 is 0 Å². The molecule has 1 aliphatic heterocycles. The average molecular weight is 388 g/mol. The van der Waals surface area contributed by atoms with E-state index in [-0.39, 0.29) is 6.04 Å².